The molecule has 0 N–H and O–H groups in total. The van der Waals surface area contributed by atoms with Crippen molar-refractivity contribution in [3.8, 4) is 0 Å². The van der Waals surface area contributed by atoms with Crippen LogP contribution in [0.2, 0.25) is 0 Å². The largest absolute Gasteiger partial charge is 0.336 e. The Labute approximate surface area is 120 Å². The van der Waals surface area contributed by atoms with Gasteiger partial charge in [-0.05, 0) is 22.9 Å². The highest BCUT2D eigenvalue weighted by Gasteiger charge is 2.19. The summed E-state index contributed by atoms with van der Waals surface area (Å²) in [5, 5.41) is 8.33. The van der Waals surface area contributed by atoms with Crippen molar-refractivity contribution in [1.82, 2.24) is 24.5 Å². The van der Waals surface area contributed by atoms with E-state index in [0.29, 0.717) is 16.7 Å². The minimum absolute atomic E-state index is 0.115. The molecule has 0 saturated heterocycles. The summed E-state index contributed by atoms with van der Waals surface area (Å²) < 4.78 is 4.11. The number of rotatable bonds is 3. The van der Waals surface area contributed by atoms with Gasteiger partial charge in [0.25, 0.3) is 5.91 Å². The fraction of sp³-hybridized carbons (Fsp3) is 0.417. The fourth-order valence-electron chi connectivity index (χ4n) is 1.81. The van der Waals surface area contributed by atoms with Gasteiger partial charge in [0.1, 0.15) is 0 Å². The van der Waals surface area contributed by atoms with E-state index in [9.17, 15) is 4.79 Å². The second-order valence-corrected chi connectivity index (χ2v) is 5.39. The average Bonchev–Trinajstić information content (AvgIpc) is 2.84. The van der Waals surface area contributed by atoms with Crippen LogP contribution < -0.4 is 0 Å². The van der Waals surface area contributed by atoms with Gasteiger partial charge in [0.05, 0.1) is 10.7 Å². The Morgan fingerprint density at radius 2 is 2.16 bits per heavy atom. The number of carbonyl (C=O) groups excluding carboxylic acids is 1. The molecule has 6 nitrogen and oxygen atoms in total. The number of nitrogens with zero attached hydrogens (tertiary/aromatic N) is 5. The molecule has 0 atom stereocenters. The van der Waals surface area contributed by atoms with Crippen LogP contribution in [0.5, 0.6) is 0 Å². The van der Waals surface area contributed by atoms with Crippen LogP contribution in [0.3, 0.4) is 0 Å². The molecule has 0 aliphatic rings. The van der Waals surface area contributed by atoms with E-state index in [-0.39, 0.29) is 5.91 Å². The first-order valence-electron chi connectivity index (χ1n) is 5.82. The van der Waals surface area contributed by atoms with Crippen LogP contribution in [0.25, 0.3) is 0 Å². The summed E-state index contributed by atoms with van der Waals surface area (Å²) in [7, 11) is 5.43. The molecule has 0 aliphatic heterocycles. The Bertz CT molecular complexity index is 616. The van der Waals surface area contributed by atoms with Gasteiger partial charge in [0.2, 0.25) is 0 Å². The van der Waals surface area contributed by atoms with Crippen LogP contribution in [0.4, 0.5) is 0 Å². The summed E-state index contributed by atoms with van der Waals surface area (Å²) in [5.74, 6) is -0.115. The molecule has 0 radical (unpaired) electrons. The number of hydrogen-bond donors (Lipinski definition) is 0. The monoisotopic (exact) mass is 325 g/mol. The van der Waals surface area contributed by atoms with Gasteiger partial charge in [-0.1, -0.05) is 0 Å². The summed E-state index contributed by atoms with van der Waals surface area (Å²) >= 11 is 3.34. The molecule has 2 aromatic rings. The molecule has 2 heterocycles. The van der Waals surface area contributed by atoms with Crippen molar-refractivity contribution in [3.63, 3.8) is 0 Å². The number of hydrogen-bond acceptors (Lipinski definition) is 3. The Kier molecular flexibility index (Phi) is 3.75. The third-order valence-corrected chi connectivity index (χ3v) is 3.66. The summed E-state index contributed by atoms with van der Waals surface area (Å²) in [5.41, 5.74) is 2.51. The van der Waals surface area contributed by atoms with E-state index in [4.69, 9.17) is 0 Å². The summed E-state index contributed by atoms with van der Waals surface area (Å²) in [6.07, 6.45) is 3.54. The van der Waals surface area contributed by atoms with E-state index >= 15 is 0 Å². The lowest BCUT2D eigenvalue weighted by Crippen LogP contribution is -2.27. The highest BCUT2D eigenvalue weighted by Crippen LogP contribution is 2.17. The summed E-state index contributed by atoms with van der Waals surface area (Å²) in [4.78, 5) is 13.9. The topological polar surface area (TPSA) is 56.0 Å². The predicted molar refractivity (Wildman–Crippen MR) is 74.7 cm³/mol. The third kappa shape index (κ3) is 2.70. The van der Waals surface area contributed by atoms with E-state index < -0.39 is 0 Å². The Hall–Kier alpha value is -1.63. The van der Waals surface area contributed by atoms with Gasteiger partial charge in [-0.3, -0.25) is 14.2 Å². The minimum Gasteiger partial charge on any atom is -0.336 e. The van der Waals surface area contributed by atoms with Gasteiger partial charge < -0.3 is 4.90 Å². The highest BCUT2D eigenvalue weighted by molar-refractivity contribution is 9.10. The summed E-state index contributed by atoms with van der Waals surface area (Å²) in [6, 6.07) is 0. The second kappa shape index (κ2) is 5.16. The van der Waals surface area contributed by atoms with Crippen LogP contribution >= 0.6 is 15.9 Å². The molecule has 0 aliphatic carbocycles. The van der Waals surface area contributed by atoms with Crippen molar-refractivity contribution < 1.29 is 4.79 Å². The maximum absolute atomic E-state index is 12.3. The first-order valence-corrected chi connectivity index (χ1v) is 6.61. The molecule has 0 bridgehead atoms. The zero-order chi connectivity index (χ0) is 14.2. The van der Waals surface area contributed by atoms with Gasteiger partial charge in [-0.25, -0.2) is 0 Å². The number of carbonyl (C=O) groups is 1. The zero-order valence-corrected chi connectivity index (χ0v) is 13.0. The van der Waals surface area contributed by atoms with E-state index in [1.807, 2.05) is 14.0 Å². The van der Waals surface area contributed by atoms with E-state index in [1.165, 1.54) is 0 Å². The van der Waals surface area contributed by atoms with Crippen molar-refractivity contribution in [2.75, 3.05) is 7.05 Å². The fourth-order valence-corrected chi connectivity index (χ4v) is 2.36. The van der Waals surface area contributed by atoms with Crippen LogP contribution in [-0.4, -0.2) is 37.4 Å². The third-order valence-electron chi connectivity index (χ3n) is 3.08. The Balaban J connectivity index is 2.16. The van der Waals surface area contributed by atoms with Crippen molar-refractivity contribution in [1.29, 1.82) is 0 Å². The maximum Gasteiger partial charge on any atom is 0.275 e. The van der Waals surface area contributed by atoms with Crippen LogP contribution in [0.1, 0.15) is 21.7 Å². The number of aryl methyl sites for hydroxylation is 2. The van der Waals surface area contributed by atoms with Gasteiger partial charge in [0.15, 0.2) is 5.69 Å². The van der Waals surface area contributed by atoms with Crippen molar-refractivity contribution in [2.45, 2.75) is 13.5 Å². The normalized spacial score (nSPS) is 10.8. The predicted octanol–water partition coefficient (Wildman–Crippen LogP) is 1.50. The van der Waals surface area contributed by atoms with Crippen molar-refractivity contribution >= 4 is 21.8 Å². The highest BCUT2D eigenvalue weighted by atomic mass is 79.9. The Morgan fingerprint density at radius 1 is 1.47 bits per heavy atom. The lowest BCUT2D eigenvalue weighted by Gasteiger charge is -2.15. The number of aromatic nitrogens is 4. The quantitative estimate of drug-likeness (QED) is 0.859. The van der Waals surface area contributed by atoms with E-state index in [1.54, 1.807) is 40.8 Å². The average molecular weight is 326 g/mol. The molecule has 7 heteroatoms. The standard InChI is InChI=1S/C12H16BrN5O/c1-8-9(5-14-18(8)4)6-16(2)12(19)11-10(13)7-17(3)15-11/h5,7H,6H2,1-4H3. The maximum atomic E-state index is 12.3. The molecule has 0 saturated carbocycles. The molecule has 0 spiro atoms. The van der Waals surface area contributed by atoms with Crippen molar-refractivity contribution in [3.05, 3.63) is 33.8 Å². The minimum atomic E-state index is -0.115. The SMILES string of the molecule is Cc1c(CN(C)C(=O)c2nn(C)cc2Br)cnn1C. The van der Waals surface area contributed by atoms with Crippen LogP contribution in [-0.2, 0) is 20.6 Å². The molecular formula is C12H16BrN5O. The second-order valence-electron chi connectivity index (χ2n) is 4.54. The van der Waals surface area contributed by atoms with Gasteiger partial charge in [-0.2, -0.15) is 10.2 Å². The van der Waals surface area contributed by atoms with E-state index in [2.05, 4.69) is 26.1 Å². The number of halogens is 1. The Morgan fingerprint density at radius 3 is 2.63 bits per heavy atom. The van der Waals surface area contributed by atoms with Crippen molar-refractivity contribution in [2.24, 2.45) is 14.1 Å². The molecule has 102 valence electrons. The first-order chi connectivity index (χ1) is 8.90. The van der Waals surface area contributed by atoms with Crippen LogP contribution in [0, 0.1) is 6.92 Å². The molecule has 2 rings (SSSR count). The molecule has 19 heavy (non-hydrogen) atoms. The molecule has 0 unspecified atom stereocenters. The smallest absolute Gasteiger partial charge is 0.275 e. The summed E-state index contributed by atoms with van der Waals surface area (Å²) in [6.45, 7) is 2.50. The van der Waals surface area contributed by atoms with Crippen LogP contribution in [0.15, 0.2) is 16.9 Å². The lowest BCUT2D eigenvalue weighted by molar-refractivity contribution is 0.0777. The van der Waals surface area contributed by atoms with Gasteiger partial charge in [0, 0.05) is 45.1 Å². The molecule has 2 aromatic heterocycles. The lowest BCUT2D eigenvalue weighted by atomic mass is 10.2. The zero-order valence-electron chi connectivity index (χ0n) is 11.4. The van der Waals surface area contributed by atoms with Gasteiger partial charge >= 0.3 is 0 Å². The number of amides is 1. The molecule has 0 aromatic carbocycles. The molecule has 0 fully saturated rings. The molecule has 1 amide bonds. The molecular weight excluding hydrogens is 310 g/mol. The first kappa shape index (κ1) is 13.8. The van der Waals surface area contributed by atoms with E-state index in [0.717, 1.165) is 11.3 Å². The van der Waals surface area contributed by atoms with Gasteiger partial charge in [-0.15, -0.1) is 0 Å².